The first kappa shape index (κ1) is 18.6. The third kappa shape index (κ3) is 3.84. The van der Waals surface area contributed by atoms with Crippen molar-refractivity contribution < 1.29 is 13.2 Å². The summed E-state index contributed by atoms with van der Waals surface area (Å²) in [6, 6.07) is 8.52. The van der Waals surface area contributed by atoms with Crippen molar-refractivity contribution in [3.05, 3.63) is 52.0 Å². The van der Waals surface area contributed by atoms with E-state index in [1.165, 1.54) is 0 Å². The van der Waals surface area contributed by atoms with E-state index in [4.69, 9.17) is 16.3 Å². The highest BCUT2D eigenvalue weighted by molar-refractivity contribution is 7.92. The van der Waals surface area contributed by atoms with Gasteiger partial charge in [0, 0.05) is 5.02 Å². The number of rotatable bonds is 5. The third-order valence-electron chi connectivity index (χ3n) is 3.86. The van der Waals surface area contributed by atoms with Crippen molar-refractivity contribution >= 4 is 27.3 Å². The van der Waals surface area contributed by atoms with E-state index in [0.717, 1.165) is 11.1 Å². The highest BCUT2D eigenvalue weighted by Crippen LogP contribution is 2.32. The van der Waals surface area contributed by atoms with E-state index in [0.29, 0.717) is 22.0 Å². The Morgan fingerprint density at radius 1 is 1.08 bits per heavy atom. The lowest BCUT2D eigenvalue weighted by Gasteiger charge is -2.17. The summed E-state index contributed by atoms with van der Waals surface area (Å²) in [6.45, 7) is 7.61. The predicted molar refractivity (Wildman–Crippen MR) is 98.8 cm³/mol. The first-order chi connectivity index (χ1) is 11.2. The SMILES string of the molecule is COc1cc(C)c(S(=O)(=O)Nc2ccc(C)c(Cl)c2)cc1C(C)C. The van der Waals surface area contributed by atoms with Gasteiger partial charge in [0.1, 0.15) is 5.75 Å². The number of ether oxygens (including phenoxy) is 1. The molecule has 0 radical (unpaired) electrons. The van der Waals surface area contributed by atoms with Crippen molar-refractivity contribution in [2.24, 2.45) is 0 Å². The molecule has 0 aliphatic rings. The number of aryl methyl sites for hydroxylation is 2. The van der Waals surface area contributed by atoms with E-state index in [1.54, 1.807) is 44.4 Å². The van der Waals surface area contributed by atoms with Crippen LogP contribution in [0.5, 0.6) is 5.75 Å². The van der Waals surface area contributed by atoms with Crippen LogP contribution in [0.15, 0.2) is 35.2 Å². The largest absolute Gasteiger partial charge is 0.496 e. The Hall–Kier alpha value is -1.72. The summed E-state index contributed by atoms with van der Waals surface area (Å²) in [7, 11) is -2.13. The van der Waals surface area contributed by atoms with Crippen LogP contribution in [0.1, 0.15) is 36.5 Å². The summed E-state index contributed by atoms with van der Waals surface area (Å²) < 4.78 is 33.6. The van der Waals surface area contributed by atoms with Crippen LogP contribution in [-0.2, 0) is 10.0 Å². The molecule has 0 aromatic heterocycles. The van der Waals surface area contributed by atoms with Crippen LogP contribution >= 0.6 is 11.6 Å². The van der Waals surface area contributed by atoms with Gasteiger partial charge in [0.05, 0.1) is 17.7 Å². The fourth-order valence-corrected chi connectivity index (χ4v) is 3.95. The fourth-order valence-electron chi connectivity index (χ4n) is 2.46. The van der Waals surface area contributed by atoms with E-state index in [-0.39, 0.29) is 10.8 Å². The lowest BCUT2D eigenvalue weighted by atomic mass is 10.0. The molecule has 0 bridgehead atoms. The Morgan fingerprint density at radius 2 is 1.75 bits per heavy atom. The van der Waals surface area contributed by atoms with Crippen LogP contribution in [0, 0.1) is 13.8 Å². The predicted octanol–water partition coefficient (Wildman–Crippen LogP) is 4.89. The molecule has 0 spiro atoms. The summed E-state index contributed by atoms with van der Waals surface area (Å²) >= 11 is 6.07. The van der Waals surface area contributed by atoms with Crippen LogP contribution in [-0.4, -0.2) is 15.5 Å². The molecule has 24 heavy (non-hydrogen) atoms. The lowest BCUT2D eigenvalue weighted by molar-refractivity contribution is 0.406. The molecule has 2 aromatic carbocycles. The van der Waals surface area contributed by atoms with Crippen LogP contribution in [0.25, 0.3) is 0 Å². The van der Waals surface area contributed by atoms with Gasteiger partial charge in [-0.2, -0.15) is 0 Å². The highest BCUT2D eigenvalue weighted by atomic mass is 35.5. The zero-order valence-corrected chi connectivity index (χ0v) is 16.0. The molecule has 2 aromatic rings. The van der Waals surface area contributed by atoms with Crippen molar-refractivity contribution in [2.45, 2.75) is 38.5 Å². The summed E-state index contributed by atoms with van der Waals surface area (Å²) in [5.74, 6) is 0.836. The maximum absolute atomic E-state index is 12.8. The summed E-state index contributed by atoms with van der Waals surface area (Å²) in [4.78, 5) is 0.240. The second-order valence-electron chi connectivity index (χ2n) is 6.08. The molecule has 0 unspecified atom stereocenters. The summed E-state index contributed by atoms with van der Waals surface area (Å²) in [6.07, 6.45) is 0. The van der Waals surface area contributed by atoms with Crippen molar-refractivity contribution in [3.63, 3.8) is 0 Å². The molecule has 0 heterocycles. The Labute approximate surface area is 148 Å². The number of benzene rings is 2. The van der Waals surface area contributed by atoms with Crippen LogP contribution < -0.4 is 9.46 Å². The molecular weight excluding hydrogens is 346 g/mol. The summed E-state index contributed by atoms with van der Waals surface area (Å²) in [5, 5.41) is 0.518. The number of hydrogen-bond donors (Lipinski definition) is 1. The standard InChI is InChI=1S/C18H22ClNO3S/c1-11(2)15-10-18(13(4)8-17(15)23-5)24(21,22)20-14-7-6-12(3)16(19)9-14/h6-11,20H,1-5H3. The molecule has 1 N–H and O–H groups in total. The first-order valence-corrected chi connectivity index (χ1v) is 9.49. The van der Waals surface area contributed by atoms with Crippen molar-refractivity contribution in [2.75, 3.05) is 11.8 Å². The second kappa shape index (κ2) is 7.03. The topological polar surface area (TPSA) is 55.4 Å². The average Bonchev–Trinajstić information content (AvgIpc) is 2.49. The van der Waals surface area contributed by atoms with Gasteiger partial charge in [-0.05, 0) is 60.7 Å². The van der Waals surface area contributed by atoms with Gasteiger partial charge in [-0.1, -0.05) is 31.5 Å². The highest BCUT2D eigenvalue weighted by Gasteiger charge is 2.21. The maximum Gasteiger partial charge on any atom is 0.262 e. The Balaban J connectivity index is 2.48. The van der Waals surface area contributed by atoms with Crippen molar-refractivity contribution in [1.29, 1.82) is 0 Å². The molecule has 4 nitrogen and oxygen atoms in total. The van der Waals surface area contributed by atoms with Crippen LogP contribution in [0.4, 0.5) is 5.69 Å². The van der Waals surface area contributed by atoms with Crippen LogP contribution in [0.2, 0.25) is 5.02 Å². The van der Waals surface area contributed by atoms with Gasteiger partial charge < -0.3 is 4.74 Å². The van der Waals surface area contributed by atoms with Crippen molar-refractivity contribution in [3.8, 4) is 5.75 Å². The number of hydrogen-bond acceptors (Lipinski definition) is 3. The molecule has 0 atom stereocenters. The molecule has 6 heteroatoms. The van der Waals surface area contributed by atoms with Gasteiger partial charge in [0.25, 0.3) is 10.0 Å². The van der Waals surface area contributed by atoms with Gasteiger partial charge in [-0.15, -0.1) is 0 Å². The number of nitrogens with one attached hydrogen (secondary N) is 1. The maximum atomic E-state index is 12.8. The molecule has 0 saturated heterocycles. The van der Waals surface area contributed by atoms with E-state index in [2.05, 4.69) is 4.72 Å². The van der Waals surface area contributed by atoms with E-state index >= 15 is 0 Å². The normalized spacial score (nSPS) is 11.6. The van der Waals surface area contributed by atoms with Gasteiger partial charge >= 0.3 is 0 Å². The molecular formula is C18H22ClNO3S. The molecule has 0 aliphatic heterocycles. The van der Waals surface area contributed by atoms with Gasteiger partial charge in [0.2, 0.25) is 0 Å². The number of methoxy groups -OCH3 is 1. The fraction of sp³-hybridized carbons (Fsp3) is 0.333. The van der Waals surface area contributed by atoms with Crippen molar-refractivity contribution in [1.82, 2.24) is 0 Å². The molecule has 0 saturated carbocycles. The minimum Gasteiger partial charge on any atom is -0.496 e. The molecule has 130 valence electrons. The van der Waals surface area contributed by atoms with Gasteiger partial charge in [-0.25, -0.2) is 8.42 Å². The smallest absolute Gasteiger partial charge is 0.262 e. The Kier molecular flexibility index (Phi) is 5.45. The minimum absolute atomic E-state index is 0.142. The van der Waals surface area contributed by atoms with Crippen LogP contribution in [0.3, 0.4) is 0 Å². The van der Waals surface area contributed by atoms with Gasteiger partial charge in [0.15, 0.2) is 0 Å². The molecule has 0 fully saturated rings. The second-order valence-corrected chi connectivity index (χ2v) is 8.14. The first-order valence-electron chi connectivity index (χ1n) is 7.63. The molecule has 2 rings (SSSR count). The number of anilines is 1. The van der Waals surface area contributed by atoms with E-state index in [9.17, 15) is 8.42 Å². The Bertz CT molecular complexity index is 861. The number of sulfonamides is 1. The average molecular weight is 368 g/mol. The molecule has 0 aliphatic carbocycles. The monoisotopic (exact) mass is 367 g/mol. The third-order valence-corrected chi connectivity index (χ3v) is 5.79. The van der Waals surface area contributed by atoms with Gasteiger partial charge in [-0.3, -0.25) is 4.72 Å². The minimum atomic E-state index is -3.72. The number of halogens is 1. The van der Waals surface area contributed by atoms with E-state index < -0.39 is 10.0 Å². The lowest BCUT2D eigenvalue weighted by Crippen LogP contribution is -2.15. The van der Waals surface area contributed by atoms with E-state index in [1.807, 2.05) is 20.8 Å². The molecule has 0 amide bonds. The summed E-state index contributed by atoms with van der Waals surface area (Å²) in [5.41, 5.74) is 2.81. The Morgan fingerprint density at radius 3 is 2.29 bits per heavy atom. The zero-order valence-electron chi connectivity index (χ0n) is 14.5. The zero-order chi connectivity index (χ0) is 18.1. The quantitative estimate of drug-likeness (QED) is 0.818.